The molecule has 0 radical (unpaired) electrons. The first-order chi connectivity index (χ1) is 6.58. The van der Waals surface area contributed by atoms with E-state index in [1.807, 2.05) is 31.2 Å². The summed E-state index contributed by atoms with van der Waals surface area (Å²) in [5.74, 6) is -0.0510. The van der Waals surface area contributed by atoms with Crippen molar-refractivity contribution < 1.29 is 4.79 Å². The molecule has 0 saturated heterocycles. The summed E-state index contributed by atoms with van der Waals surface area (Å²) in [4.78, 5) is 10.7. The van der Waals surface area contributed by atoms with Gasteiger partial charge in [0.1, 0.15) is 0 Å². The third kappa shape index (κ3) is 3.58. The van der Waals surface area contributed by atoms with E-state index in [-0.39, 0.29) is 11.9 Å². The molecule has 1 atom stereocenters. The van der Waals surface area contributed by atoms with Gasteiger partial charge in [0.25, 0.3) is 0 Å². The number of hydrogen-bond donors (Lipinski definition) is 2. The summed E-state index contributed by atoms with van der Waals surface area (Å²) in [6.45, 7) is 3.47. The van der Waals surface area contributed by atoms with Gasteiger partial charge in [-0.25, -0.2) is 0 Å². The van der Waals surface area contributed by atoms with Gasteiger partial charge in [-0.3, -0.25) is 4.79 Å². The molecule has 1 rings (SSSR count). The molecule has 1 aromatic rings. The summed E-state index contributed by atoms with van der Waals surface area (Å²) < 4.78 is 0. The maximum atomic E-state index is 10.7. The van der Waals surface area contributed by atoms with Crippen molar-refractivity contribution in [2.45, 2.75) is 26.3 Å². The zero-order valence-electron chi connectivity index (χ0n) is 8.58. The first kappa shape index (κ1) is 10.7. The van der Waals surface area contributed by atoms with Gasteiger partial charge in [-0.1, -0.05) is 12.1 Å². The molecule has 1 amide bonds. The summed E-state index contributed by atoms with van der Waals surface area (Å²) in [6, 6.07) is 7.91. The van der Waals surface area contributed by atoms with Crippen LogP contribution in [0.5, 0.6) is 0 Å². The maximum absolute atomic E-state index is 10.7. The van der Waals surface area contributed by atoms with Crippen LogP contribution in [0.1, 0.15) is 19.4 Å². The Kier molecular flexibility index (Phi) is 3.65. The number of benzene rings is 1. The molecular weight excluding hydrogens is 176 g/mol. The highest BCUT2D eigenvalue weighted by atomic mass is 16.1. The minimum atomic E-state index is -0.0510. The summed E-state index contributed by atoms with van der Waals surface area (Å²) in [6.07, 6.45) is 0.861. The Hall–Kier alpha value is -1.35. The first-order valence-electron chi connectivity index (χ1n) is 4.70. The number of nitrogens with two attached hydrogens (primary N) is 1. The number of anilines is 1. The van der Waals surface area contributed by atoms with Gasteiger partial charge in [-0.2, -0.15) is 0 Å². The monoisotopic (exact) mass is 192 g/mol. The molecule has 3 N–H and O–H groups in total. The third-order valence-corrected chi connectivity index (χ3v) is 1.83. The molecule has 0 aliphatic heterocycles. The molecule has 3 nitrogen and oxygen atoms in total. The van der Waals surface area contributed by atoms with Crippen molar-refractivity contribution in [3.05, 3.63) is 29.8 Å². The predicted octanol–water partition coefficient (Wildman–Crippen LogP) is 1.53. The molecule has 0 aromatic heterocycles. The van der Waals surface area contributed by atoms with Crippen molar-refractivity contribution in [1.29, 1.82) is 0 Å². The molecule has 3 heteroatoms. The van der Waals surface area contributed by atoms with E-state index < -0.39 is 0 Å². The lowest BCUT2D eigenvalue weighted by Crippen LogP contribution is -2.17. The van der Waals surface area contributed by atoms with Crippen molar-refractivity contribution in [2.75, 3.05) is 5.32 Å². The van der Waals surface area contributed by atoms with Gasteiger partial charge in [0, 0.05) is 18.7 Å². The van der Waals surface area contributed by atoms with Gasteiger partial charge in [0.2, 0.25) is 5.91 Å². The van der Waals surface area contributed by atoms with Gasteiger partial charge >= 0.3 is 0 Å². The standard InChI is InChI=1S/C11H16N2O/c1-8(12)7-10-3-5-11(6-4-10)13-9(2)14/h3-6,8H,7,12H2,1-2H3,(H,13,14)/t8-/m1/s1. The summed E-state index contributed by atoms with van der Waals surface area (Å²) in [7, 11) is 0. The van der Waals surface area contributed by atoms with Crippen molar-refractivity contribution in [3.8, 4) is 0 Å². The largest absolute Gasteiger partial charge is 0.328 e. The molecular formula is C11H16N2O. The average molecular weight is 192 g/mol. The van der Waals surface area contributed by atoms with Crippen molar-refractivity contribution in [2.24, 2.45) is 5.73 Å². The van der Waals surface area contributed by atoms with E-state index in [9.17, 15) is 4.79 Å². The lowest BCUT2D eigenvalue weighted by Gasteiger charge is -2.06. The number of hydrogen-bond acceptors (Lipinski definition) is 2. The van der Waals surface area contributed by atoms with Gasteiger partial charge in [-0.05, 0) is 31.0 Å². The third-order valence-electron chi connectivity index (χ3n) is 1.83. The van der Waals surface area contributed by atoms with E-state index in [0.717, 1.165) is 12.1 Å². The highest BCUT2D eigenvalue weighted by Gasteiger charge is 1.98. The van der Waals surface area contributed by atoms with Gasteiger partial charge in [0.15, 0.2) is 0 Å². The Bertz CT molecular complexity index is 304. The van der Waals surface area contributed by atoms with E-state index in [0.29, 0.717) is 0 Å². The molecule has 0 aliphatic rings. The second-order valence-electron chi connectivity index (χ2n) is 3.56. The number of carbonyl (C=O) groups excluding carboxylic acids is 1. The Balaban J connectivity index is 2.63. The second kappa shape index (κ2) is 4.77. The fraction of sp³-hybridized carbons (Fsp3) is 0.364. The van der Waals surface area contributed by atoms with Gasteiger partial charge in [0.05, 0.1) is 0 Å². The van der Waals surface area contributed by atoms with Gasteiger partial charge < -0.3 is 11.1 Å². The Morgan fingerprint density at radius 3 is 2.43 bits per heavy atom. The van der Waals surface area contributed by atoms with Crippen LogP contribution in [0.4, 0.5) is 5.69 Å². The molecule has 0 spiro atoms. The number of carbonyl (C=O) groups is 1. The summed E-state index contributed by atoms with van der Waals surface area (Å²) in [5.41, 5.74) is 7.69. The van der Waals surface area contributed by atoms with Crippen LogP contribution in [0.25, 0.3) is 0 Å². The lowest BCUT2D eigenvalue weighted by molar-refractivity contribution is -0.114. The zero-order valence-corrected chi connectivity index (χ0v) is 8.58. The van der Waals surface area contributed by atoms with Crippen LogP contribution in [-0.4, -0.2) is 11.9 Å². The van der Waals surface area contributed by atoms with E-state index in [1.54, 1.807) is 0 Å². The average Bonchev–Trinajstić information content (AvgIpc) is 2.06. The Labute approximate surface area is 84.3 Å². The number of amides is 1. The van der Waals surface area contributed by atoms with E-state index in [1.165, 1.54) is 12.5 Å². The molecule has 76 valence electrons. The van der Waals surface area contributed by atoms with Crippen LogP contribution in [0.3, 0.4) is 0 Å². The molecule has 0 unspecified atom stereocenters. The van der Waals surface area contributed by atoms with Crippen LogP contribution >= 0.6 is 0 Å². The van der Waals surface area contributed by atoms with Crippen molar-refractivity contribution in [1.82, 2.24) is 0 Å². The smallest absolute Gasteiger partial charge is 0.221 e. The van der Waals surface area contributed by atoms with Crippen LogP contribution in [0.15, 0.2) is 24.3 Å². The topological polar surface area (TPSA) is 55.1 Å². The summed E-state index contributed by atoms with van der Waals surface area (Å²) >= 11 is 0. The lowest BCUT2D eigenvalue weighted by atomic mass is 10.1. The van der Waals surface area contributed by atoms with E-state index in [4.69, 9.17) is 5.73 Å². The SMILES string of the molecule is CC(=O)Nc1ccc(C[C@@H](C)N)cc1. The van der Waals surface area contributed by atoms with Crippen LogP contribution in [0.2, 0.25) is 0 Å². The molecule has 0 saturated carbocycles. The van der Waals surface area contributed by atoms with Crippen molar-refractivity contribution in [3.63, 3.8) is 0 Å². The first-order valence-corrected chi connectivity index (χ1v) is 4.70. The summed E-state index contributed by atoms with van der Waals surface area (Å²) in [5, 5.41) is 2.72. The van der Waals surface area contributed by atoms with Crippen LogP contribution in [-0.2, 0) is 11.2 Å². The molecule has 14 heavy (non-hydrogen) atoms. The van der Waals surface area contributed by atoms with E-state index >= 15 is 0 Å². The maximum Gasteiger partial charge on any atom is 0.221 e. The molecule has 0 bridgehead atoms. The van der Waals surface area contributed by atoms with Crippen LogP contribution in [0, 0.1) is 0 Å². The minimum Gasteiger partial charge on any atom is -0.328 e. The fourth-order valence-corrected chi connectivity index (χ4v) is 1.30. The Morgan fingerprint density at radius 1 is 1.43 bits per heavy atom. The van der Waals surface area contributed by atoms with E-state index in [2.05, 4.69) is 5.32 Å². The second-order valence-corrected chi connectivity index (χ2v) is 3.56. The number of rotatable bonds is 3. The molecule has 0 aliphatic carbocycles. The predicted molar refractivity (Wildman–Crippen MR) is 58.1 cm³/mol. The fourth-order valence-electron chi connectivity index (χ4n) is 1.30. The normalized spacial score (nSPS) is 12.2. The van der Waals surface area contributed by atoms with Gasteiger partial charge in [-0.15, -0.1) is 0 Å². The van der Waals surface area contributed by atoms with Crippen LogP contribution < -0.4 is 11.1 Å². The zero-order chi connectivity index (χ0) is 10.6. The molecule has 0 heterocycles. The molecule has 1 aromatic carbocycles. The number of nitrogens with one attached hydrogen (secondary N) is 1. The quantitative estimate of drug-likeness (QED) is 0.763. The minimum absolute atomic E-state index is 0.0510. The highest BCUT2D eigenvalue weighted by Crippen LogP contribution is 2.10. The Morgan fingerprint density at radius 2 is 2.00 bits per heavy atom. The van der Waals surface area contributed by atoms with Crippen molar-refractivity contribution >= 4 is 11.6 Å². The molecule has 0 fully saturated rings. The highest BCUT2D eigenvalue weighted by molar-refractivity contribution is 5.88.